The summed E-state index contributed by atoms with van der Waals surface area (Å²) in [6, 6.07) is 0.792. The van der Waals surface area contributed by atoms with Gasteiger partial charge in [-0.05, 0) is 12.8 Å². The van der Waals surface area contributed by atoms with E-state index >= 15 is 0 Å². The molecular weight excluding hydrogens is 457 g/mol. The van der Waals surface area contributed by atoms with Crippen LogP contribution in [0, 0.1) is 0 Å². The van der Waals surface area contributed by atoms with Crippen molar-refractivity contribution in [2.24, 2.45) is 0 Å². The van der Waals surface area contributed by atoms with Crippen molar-refractivity contribution in [1.82, 2.24) is 9.80 Å². The summed E-state index contributed by atoms with van der Waals surface area (Å²) >= 11 is 10.3. The molecule has 0 bridgehead atoms. The Bertz CT molecular complexity index is 202. The van der Waals surface area contributed by atoms with E-state index < -0.39 is 0 Å². The van der Waals surface area contributed by atoms with Gasteiger partial charge < -0.3 is 30.2 Å². The quantitative estimate of drug-likeness (QED) is 0.385. The van der Waals surface area contributed by atoms with Gasteiger partial charge in [0, 0.05) is 54.6 Å². The number of piperazine rings is 1. The molecule has 1 radical (unpaired) electrons. The second kappa shape index (κ2) is 12.0. The first-order chi connectivity index (χ1) is 8.69. The summed E-state index contributed by atoms with van der Waals surface area (Å²) < 4.78 is -0.114. The Hall–Kier alpha value is 1.36. The second-order valence-electron chi connectivity index (χ2n) is 5.32. The predicted molar refractivity (Wildman–Crippen MR) is 84.5 cm³/mol. The van der Waals surface area contributed by atoms with E-state index in [4.69, 9.17) is 25.3 Å². The van der Waals surface area contributed by atoms with Crippen molar-refractivity contribution in [3.8, 4) is 0 Å². The Morgan fingerprint density at radius 2 is 1.26 bits per heavy atom. The molecule has 1 rings (SSSR count). The topological polar surface area (TPSA) is 6.48 Å². The Morgan fingerprint density at radius 3 is 1.63 bits per heavy atom. The molecule has 2 nitrogen and oxygen atoms in total. The van der Waals surface area contributed by atoms with E-state index in [1.165, 1.54) is 38.5 Å². The van der Waals surface area contributed by atoms with Crippen LogP contribution in [0.15, 0.2) is 0 Å². The van der Waals surface area contributed by atoms with E-state index in [0.717, 1.165) is 32.2 Å². The summed E-state index contributed by atoms with van der Waals surface area (Å²) in [7, 11) is 0. The number of hydrogen-bond acceptors (Lipinski definition) is 4. The van der Waals surface area contributed by atoms with Gasteiger partial charge in [-0.2, -0.15) is 0 Å². The van der Waals surface area contributed by atoms with Gasteiger partial charge in [0.1, 0.15) is 0 Å². The molecule has 1 fully saturated rings. The van der Waals surface area contributed by atoms with Gasteiger partial charge in [-0.15, -0.1) is 0 Å². The molecule has 0 unspecified atom stereocenters. The number of unbranched alkanes of at least 4 members (excludes halogenated alkanes) is 2. The molecule has 0 saturated carbocycles. The van der Waals surface area contributed by atoms with Crippen molar-refractivity contribution in [2.75, 3.05) is 26.2 Å². The molecule has 0 aromatic rings. The van der Waals surface area contributed by atoms with Crippen molar-refractivity contribution >= 4 is 25.3 Å². The average Bonchev–Trinajstić information content (AvgIpc) is 2.39. The maximum atomic E-state index is 5.17. The van der Waals surface area contributed by atoms with Crippen LogP contribution in [0.1, 0.15) is 52.4 Å². The number of rotatable bonds is 8. The van der Waals surface area contributed by atoms with Crippen LogP contribution in [0.2, 0.25) is 0 Å². The van der Waals surface area contributed by atoms with Crippen molar-refractivity contribution in [3.05, 3.63) is 0 Å². The standard InChI is InChI=1S/C14H30N2S2.Au/c1-3-5-7-13(8-6-4-2)15-9-11-16(12-10-15)14(17)18;/h13-14,17-18H,3-12H2,1-2H3;/p-2. The van der Waals surface area contributed by atoms with E-state index in [9.17, 15) is 0 Å². The minimum absolute atomic E-state index is 0. The van der Waals surface area contributed by atoms with Gasteiger partial charge in [0.05, 0.1) is 0 Å². The normalized spacial score (nSPS) is 18.0. The third kappa shape index (κ3) is 7.79. The molecule has 5 heteroatoms. The Balaban J connectivity index is 0.00000324. The minimum atomic E-state index is -0.114. The Labute approximate surface area is 146 Å². The maximum Gasteiger partial charge on any atom is 0.0111 e. The van der Waals surface area contributed by atoms with Crippen molar-refractivity contribution in [3.63, 3.8) is 0 Å². The van der Waals surface area contributed by atoms with Gasteiger partial charge in [-0.25, -0.2) is 4.71 Å². The van der Waals surface area contributed by atoms with Gasteiger partial charge in [-0.1, -0.05) is 39.5 Å². The van der Waals surface area contributed by atoms with E-state index in [-0.39, 0.29) is 27.1 Å². The first kappa shape index (κ1) is 20.4. The first-order valence-corrected chi connectivity index (χ1v) is 8.43. The summed E-state index contributed by atoms with van der Waals surface area (Å²) in [4.78, 5) is 4.92. The Kier molecular flexibility index (Phi) is 12.8. The molecule has 1 heterocycles. The molecule has 119 valence electrons. The summed E-state index contributed by atoms with van der Waals surface area (Å²) in [5.74, 6) is 0. The van der Waals surface area contributed by atoms with Crippen LogP contribution >= 0.6 is 0 Å². The molecular formula is C14H28AuN2S2-2. The van der Waals surface area contributed by atoms with Crippen LogP contribution in [-0.2, 0) is 47.6 Å². The molecule has 0 aliphatic carbocycles. The summed E-state index contributed by atoms with van der Waals surface area (Å²) in [6.45, 7) is 9.00. The van der Waals surface area contributed by atoms with Crippen LogP contribution in [0.4, 0.5) is 0 Å². The second-order valence-corrected chi connectivity index (χ2v) is 6.51. The number of nitrogens with zero attached hydrogens (tertiary/aromatic N) is 2. The number of hydrogen-bond donors (Lipinski definition) is 0. The van der Waals surface area contributed by atoms with Crippen LogP contribution in [-0.4, -0.2) is 46.7 Å². The van der Waals surface area contributed by atoms with Crippen molar-refractivity contribution in [2.45, 2.75) is 63.1 Å². The minimum Gasteiger partial charge on any atom is -0.800 e. The molecule has 0 aromatic carbocycles. The average molecular weight is 485 g/mol. The van der Waals surface area contributed by atoms with Gasteiger partial charge in [0.15, 0.2) is 0 Å². The van der Waals surface area contributed by atoms with E-state index in [2.05, 4.69) is 23.6 Å². The van der Waals surface area contributed by atoms with Crippen LogP contribution in [0.5, 0.6) is 0 Å². The van der Waals surface area contributed by atoms with Crippen LogP contribution < -0.4 is 0 Å². The summed E-state index contributed by atoms with van der Waals surface area (Å²) in [6.07, 6.45) is 8.06. The van der Waals surface area contributed by atoms with E-state index in [0.29, 0.717) is 0 Å². The fraction of sp³-hybridized carbons (Fsp3) is 1.00. The van der Waals surface area contributed by atoms with Crippen molar-refractivity contribution < 1.29 is 22.4 Å². The van der Waals surface area contributed by atoms with Crippen LogP contribution in [0.3, 0.4) is 0 Å². The van der Waals surface area contributed by atoms with Gasteiger partial charge in [0.2, 0.25) is 0 Å². The zero-order valence-corrected chi connectivity index (χ0v) is 16.0. The zero-order valence-electron chi connectivity index (χ0n) is 12.2. The fourth-order valence-corrected chi connectivity index (χ4v) is 3.12. The predicted octanol–water partition coefficient (Wildman–Crippen LogP) is 2.73. The largest absolute Gasteiger partial charge is 0.800 e. The van der Waals surface area contributed by atoms with Gasteiger partial charge in [-0.3, -0.25) is 4.90 Å². The monoisotopic (exact) mass is 485 g/mol. The van der Waals surface area contributed by atoms with Crippen LogP contribution in [0.25, 0.3) is 0 Å². The smallest absolute Gasteiger partial charge is 0.0111 e. The first-order valence-electron chi connectivity index (χ1n) is 7.48. The molecule has 0 amide bonds. The van der Waals surface area contributed by atoms with Crippen molar-refractivity contribution in [1.29, 1.82) is 0 Å². The Morgan fingerprint density at radius 1 is 0.842 bits per heavy atom. The molecule has 1 saturated heterocycles. The molecule has 0 aromatic heterocycles. The molecule has 19 heavy (non-hydrogen) atoms. The molecule has 0 N–H and O–H groups in total. The third-order valence-corrected chi connectivity index (χ3v) is 4.54. The van der Waals surface area contributed by atoms with Gasteiger partial charge >= 0.3 is 0 Å². The molecule has 1 aliphatic rings. The summed E-state index contributed by atoms with van der Waals surface area (Å²) in [5, 5.41) is 0. The SMILES string of the molecule is CCCCC(CCCC)N1CCN(C([S-])[S-])CC1.[Au]. The summed E-state index contributed by atoms with van der Waals surface area (Å²) in [5.41, 5.74) is 0. The molecule has 0 spiro atoms. The molecule has 1 aliphatic heterocycles. The maximum absolute atomic E-state index is 5.17. The van der Waals surface area contributed by atoms with Gasteiger partial charge in [0.25, 0.3) is 0 Å². The van der Waals surface area contributed by atoms with E-state index in [1.807, 2.05) is 0 Å². The fourth-order valence-electron chi connectivity index (χ4n) is 2.70. The third-order valence-electron chi connectivity index (χ3n) is 3.95. The zero-order chi connectivity index (χ0) is 13.4. The molecule has 0 atom stereocenters. The van der Waals surface area contributed by atoms with E-state index in [1.54, 1.807) is 0 Å².